The van der Waals surface area contributed by atoms with Gasteiger partial charge in [0.2, 0.25) is 0 Å². The van der Waals surface area contributed by atoms with Crippen molar-refractivity contribution in [2.75, 3.05) is 5.32 Å². The highest BCUT2D eigenvalue weighted by molar-refractivity contribution is 5.76. The van der Waals surface area contributed by atoms with Crippen LogP contribution in [0.3, 0.4) is 0 Å². The summed E-state index contributed by atoms with van der Waals surface area (Å²) in [4.78, 5) is 0. The third-order valence-electron chi connectivity index (χ3n) is 1.69. The number of hydrogen-bond donors (Lipinski definition) is 3. The van der Waals surface area contributed by atoms with Gasteiger partial charge in [0.05, 0.1) is 5.70 Å². The predicted molar refractivity (Wildman–Crippen MR) is 55.7 cm³/mol. The second kappa shape index (κ2) is 4.30. The first-order chi connectivity index (χ1) is 6.24. The van der Waals surface area contributed by atoms with Crippen molar-refractivity contribution in [3.05, 3.63) is 41.7 Å². The fourth-order valence-electron chi connectivity index (χ4n) is 0.918. The molecular formula is C10H13N3. The molecule has 0 amide bonds. The van der Waals surface area contributed by atoms with E-state index in [9.17, 15) is 0 Å². The highest BCUT2D eigenvalue weighted by Gasteiger charge is 1.94. The zero-order valence-corrected chi connectivity index (χ0v) is 7.54. The van der Waals surface area contributed by atoms with Crippen LogP contribution < -0.4 is 11.1 Å². The first-order valence-corrected chi connectivity index (χ1v) is 4.03. The monoisotopic (exact) mass is 175 g/mol. The van der Waals surface area contributed by atoms with E-state index >= 15 is 0 Å². The van der Waals surface area contributed by atoms with Gasteiger partial charge < -0.3 is 16.5 Å². The van der Waals surface area contributed by atoms with Gasteiger partial charge in [-0.1, -0.05) is 18.2 Å². The van der Waals surface area contributed by atoms with Crippen LogP contribution in [0.5, 0.6) is 0 Å². The molecule has 0 heterocycles. The Hall–Kier alpha value is -1.77. The Morgan fingerprint density at radius 2 is 2.00 bits per heavy atom. The number of allylic oxidation sites excluding steroid dienone is 2. The van der Waals surface area contributed by atoms with Crippen LogP contribution in [0.25, 0.3) is 0 Å². The van der Waals surface area contributed by atoms with E-state index < -0.39 is 0 Å². The molecule has 0 atom stereocenters. The predicted octanol–water partition coefficient (Wildman–Crippen LogP) is 1.94. The van der Waals surface area contributed by atoms with Crippen LogP contribution in [0.15, 0.2) is 41.7 Å². The molecule has 1 aromatic rings. The zero-order chi connectivity index (χ0) is 9.68. The zero-order valence-electron chi connectivity index (χ0n) is 7.54. The van der Waals surface area contributed by atoms with Crippen molar-refractivity contribution in [1.82, 2.24) is 0 Å². The van der Waals surface area contributed by atoms with Crippen LogP contribution in [-0.4, -0.2) is 6.21 Å². The van der Waals surface area contributed by atoms with Crippen molar-refractivity contribution in [2.24, 2.45) is 5.73 Å². The van der Waals surface area contributed by atoms with E-state index in [4.69, 9.17) is 11.1 Å². The molecule has 0 fully saturated rings. The number of benzene rings is 1. The lowest BCUT2D eigenvalue weighted by molar-refractivity contribution is 1.28. The SMILES string of the molecule is C/C(Nc1ccccc1)=C(\N)C=N. The van der Waals surface area contributed by atoms with Crippen LogP contribution >= 0.6 is 0 Å². The van der Waals surface area contributed by atoms with Crippen molar-refractivity contribution in [1.29, 1.82) is 5.41 Å². The Morgan fingerprint density at radius 3 is 2.54 bits per heavy atom. The van der Waals surface area contributed by atoms with E-state index in [-0.39, 0.29) is 0 Å². The lowest BCUT2D eigenvalue weighted by Crippen LogP contribution is -2.07. The molecule has 4 N–H and O–H groups in total. The fourth-order valence-corrected chi connectivity index (χ4v) is 0.918. The Kier molecular flexibility index (Phi) is 3.09. The van der Waals surface area contributed by atoms with Gasteiger partial charge in [0.15, 0.2) is 0 Å². The maximum absolute atomic E-state index is 6.96. The lowest BCUT2D eigenvalue weighted by atomic mass is 10.3. The number of nitrogens with one attached hydrogen (secondary N) is 2. The Labute approximate surface area is 77.8 Å². The molecule has 0 unspecified atom stereocenters. The average molecular weight is 175 g/mol. The Bertz CT molecular complexity index is 314. The van der Waals surface area contributed by atoms with Gasteiger partial charge in [-0.05, 0) is 19.1 Å². The van der Waals surface area contributed by atoms with E-state index in [0.717, 1.165) is 17.6 Å². The molecule has 0 radical (unpaired) electrons. The Morgan fingerprint density at radius 1 is 1.38 bits per heavy atom. The summed E-state index contributed by atoms with van der Waals surface area (Å²) in [6, 6.07) is 9.72. The van der Waals surface area contributed by atoms with E-state index in [2.05, 4.69) is 5.32 Å². The van der Waals surface area contributed by atoms with Gasteiger partial charge in [0, 0.05) is 17.6 Å². The van der Waals surface area contributed by atoms with E-state index in [1.807, 2.05) is 37.3 Å². The quantitative estimate of drug-likeness (QED) is 0.615. The topological polar surface area (TPSA) is 61.9 Å². The summed E-state index contributed by atoms with van der Waals surface area (Å²) in [6.45, 7) is 1.84. The molecule has 0 aliphatic heterocycles. The minimum atomic E-state index is 0.448. The summed E-state index contributed by atoms with van der Waals surface area (Å²) in [5.74, 6) is 0. The molecule has 0 aromatic heterocycles. The molecule has 0 aliphatic rings. The van der Waals surface area contributed by atoms with Gasteiger partial charge in [-0.25, -0.2) is 0 Å². The van der Waals surface area contributed by atoms with Crippen molar-refractivity contribution >= 4 is 11.9 Å². The molecule has 1 aromatic carbocycles. The second-order valence-corrected chi connectivity index (χ2v) is 2.72. The average Bonchev–Trinajstić information content (AvgIpc) is 2.18. The van der Waals surface area contributed by atoms with Gasteiger partial charge in [-0.2, -0.15) is 0 Å². The molecule has 68 valence electrons. The van der Waals surface area contributed by atoms with Crippen molar-refractivity contribution < 1.29 is 0 Å². The molecule has 0 saturated carbocycles. The van der Waals surface area contributed by atoms with Crippen LogP contribution in [-0.2, 0) is 0 Å². The van der Waals surface area contributed by atoms with Gasteiger partial charge in [0.25, 0.3) is 0 Å². The highest BCUT2D eigenvalue weighted by Crippen LogP contribution is 2.08. The first-order valence-electron chi connectivity index (χ1n) is 4.03. The maximum atomic E-state index is 6.96. The van der Waals surface area contributed by atoms with E-state index in [1.165, 1.54) is 0 Å². The largest absolute Gasteiger partial charge is 0.396 e. The van der Waals surface area contributed by atoms with Gasteiger partial charge in [-0.15, -0.1) is 0 Å². The molecule has 3 nitrogen and oxygen atoms in total. The minimum absolute atomic E-state index is 0.448. The number of nitrogens with two attached hydrogens (primary N) is 1. The van der Waals surface area contributed by atoms with Crippen LogP contribution in [0.2, 0.25) is 0 Å². The summed E-state index contributed by atoms with van der Waals surface area (Å²) < 4.78 is 0. The van der Waals surface area contributed by atoms with Gasteiger partial charge in [-0.3, -0.25) is 0 Å². The normalized spacial score (nSPS) is 11.8. The maximum Gasteiger partial charge on any atom is 0.0686 e. The Balaban J connectivity index is 2.76. The number of hydrogen-bond acceptors (Lipinski definition) is 3. The van der Waals surface area contributed by atoms with Crippen LogP contribution in [0, 0.1) is 5.41 Å². The lowest BCUT2D eigenvalue weighted by Gasteiger charge is -2.07. The summed E-state index contributed by atoms with van der Waals surface area (Å²) in [6.07, 6.45) is 1.13. The molecular weight excluding hydrogens is 162 g/mol. The van der Waals surface area contributed by atoms with E-state index in [1.54, 1.807) is 0 Å². The second-order valence-electron chi connectivity index (χ2n) is 2.72. The molecule has 1 rings (SSSR count). The minimum Gasteiger partial charge on any atom is -0.396 e. The standard InChI is InChI=1S/C10H13N3/c1-8(10(12)7-11)13-9-5-3-2-4-6-9/h2-7,11,13H,12H2,1H3/b10-8+,11-7?. The summed E-state index contributed by atoms with van der Waals surface area (Å²) in [5, 5.41) is 10.1. The van der Waals surface area contributed by atoms with Crippen molar-refractivity contribution in [3.63, 3.8) is 0 Å². The van der Waals surface area contributed by atoms with Gasteiger partial charge in [0.1, 0.15) is 0 Å². The van der Waals surface area contributed by atoms with Crippen LogP contribution in [0.4, 0.5) is 5.69 Å². The molecule has 0 bridgehead atoms. The van der Waals surface area contributed by atoms with Crippen LogP contribution in [0.1, 0.15) is 6.92 Å². The molecule has 0 saturated heterocycles. The molecule has 0 aliphatic carbocycles. The molecule has 3 heteroatoms. The summed E-state index contributed by atoms with van der Waals surface area (Å²) >= 11 is 0. The molecule has 13 heavy (non-hydrogen) atoms. The van der Waals surface area contributed by atoms with Crippen molar-refractivity contribution in [3.8, 4) is 0 Å². The summed E-state index contributed by atoms with van der Waals surface area (Å²) in [7, 11) is 0. The highest BCUT2D eigenvalue weighted by atomic mass is 14.9. The number of rotatable bonds is 3. The number of para-hydroxylation sites is 1. The van der Waals surface area contributed by atoms with Gasteiger partial charge >= 0.3 is 0 Å². The smallest absolute Gasteiger partial charge is 0.0686 e. The van der Waals surface area contributed by atoms with Crippen molar-refractivity contribution in [2.45, 2.75) is 6.92 Å². The molecule has 0 spiro atoms. The fraction of sp³-hybridized carbons (Fsp3) is 0.100. The summed E-state index contributed by atoms with van der Waals surface area (Å²) in [5.41, 5.74) is 7.76. The van der Waals surface area contributed by atoms with E-state index in [0.29, 0.717) is 5.70 Å². The first kappa shape index (κ1) is 9.32. The third kappa shape index (κ3) is 2.63. The number of anilines is 1. The third-order valence-corrected chi connectivity index (χ3v) is 1.69.